The molecule has 0 radical (unpaired) electrons. The highest BCUT2D eigenvalue weighted by Crippen LogP contribution is 2.17. The Bertz CT molecular complexity index is 277. The number of hydrogen-bond donors (Lipinski definition) is 1. The van der Waals surface area contributed by atoms with Gasteiger partial charge in [0.15, 0.2) is 0 Å². The minimum Gasteiger partial charge on any atom is -0.324 e. The van der Waals surface area contributed by atoms with Crippen molar-refractivity contribution < 1.29 is 13.2 Å². The van der Waals surface area contributed by atoms with E-state index < -0.39 is 12.7 Å². The van der Waals surface area contributed by atoms with Gasteiger partial charge < -0.3 is 5.73 Å². The summed E-state index contributed by atoms with van der Waals surface area (Å²) in [5.41, 5.74) is 6.06. The molecule has 0 aliphatic carbocycles. The first kappa shape index (κ1) is 10.0. The van der Waals surface area contributed by atoms with Crippen LogP contribution in [-0.2, 0) is 6.54 Å². The fraction of sp³-hybridized carbons (Fsp3) is 0.571. The van der Waals surface area contributed by atoms with Crippen LogP contribution in [0.15, 0.2) is 12.4 Å². The van der Waals surface area contributed by atoms with Gasteiger partial charge >= 0.3 is 6.18 Å². The predicted molar refractivity (Wildman–Crippen MR) is 40.9 cm³/mol. The fourth-order valence-electron chi connectivity index (χ4n) is 0.885. The maximum atomic E-state index is 11.9. The zero-order valence-electron chi connectivity index (χ0n) is 7.04. The van der Waals surface area contributed by atoms with Crippen molar-refractivity contribution in [3.8, 4) is 0 Å². The van der Waals surface area contributed by atoms with E-state index in [1.54, 1.807) is 6.92 Å². The lowest BCUT2D eigenvalue weighted by molar-refractivity contribution is -0.142. The molecule has 13 heavy (non-hydrogen) atoms. The molecule has 0 aliphatic rings. The van der Waals surface area contributed by atoms with Crippen molar-refractivity contribution in [3.63, 3.8) is 0 Å². The van der Waals surface area contributed by atoms with Gasteiger partial charge in [0.2, 0.25) is 0 Å². The third-order valence-corrected chi connectivity index (χ3v) is 1.52. The van der Waals surface area contributed by atoms with Crippen LogP contribution in [0, 0.1) is 0 Å². The minimum absolute atomic E-state index is 0.290. The number of halogens is 3. The summed E-state index contributed by atoms with van der Waals surface area (Å²) in [5.74, 6) is 0. The lowest BCUT2D eigenvalue weighted by Crippen LogP contribution is -2.17. The molecule has 74 valence electrons. The summed E-state index contributed by atoms with van der Waals surface area (Å²) in [4.78, 5) is 0. The Kier molecular flexibility index (Phi) is 2.60. The summed E-state index contributed by atoms with van der Waals surface area (Å²) in [5, 5.41) is 3.54. The molecular formula is C7H10F3N3. The average Bonchev–Trinajstić information content (AvgIpc) is 2.31. The molecule has 1 rings (SSSR count). The number of nitrogens with zero attached hydrogens (tertiary/aromatic N) is 2. The Morgan fingerprint density at radius 3 is 2.62 bits per heavy atom. The van der Waals surface area contributed by atoms with E-state index in [1.807, 2.05) is 0 Å². The van der Waals surface area contributed by atoms with Crippen molar-refractivity contribution in [1.82, 2.24) is 9.78 Å². The fourth-order valence-corrected chi connectivity index (χ4v) is 0.885. The molecule has 1 atom stereocenters. The Hall–Kier alpha value is -1.04. The van der Waals surface area contributed by atoms with Gasteiger partial charge in [0.25, 0.3) is 0 Å². The molecule has 1 heterocycles. The molecule has 0 saturated heterocycles. The third kappa shape index (κ3) is 3.06. The first-order valence-electron chi connectivity index (χ1n) is 3.73. The molecule has 0 aromatic carbocycles. The van der Waals surface area contributed by atoms with Crippen LogP contribution in [0.2, 0.25) is 0 Å². The van der Waals surface area contributed by atoms with Gasteiger partial charge in [0.1, 0.15) is 6.54 Å². The van der Waals surface area contributed by atoms with Gasteiger partial charge in [-0.1, -0.05) is 0 Å². The Balaban J connectivity index is 2.70. The van der Waals surface area contributed by atoms with E-state index in [0.29, 0.717) is 5.56 Å². The van der Waals surface area contributed by atoms with Crippen LogP contribution in [0.3, 0.4) is 0 Å². The lowest BCUT2D eigenvalue weighted by Gasteiger charge is -2.05. The topological polar surface area (TPSA) is 43.8 Å². The first-order chi connectivity index (χ1) is 5.88. The second-order valence-corrected chi connectivity index (χ2v) is 2.88. The summed E-state index contributed by atoms with van der Waals surface area (Å²) in [6, 6.07) is -0.290. The van der Waals surface area contributed by atoms with Gasteiger partial charge in [-0.25, -0.2) is 0 Å². The largest absolute Gasteiger partial charge is 0.408 e. The van der Waals surface area contributed by atoms with Crippen LogP contribution in [-0.4, -0.2) is 16.0 Å². The second-order valence-electron chi connectivity index (χ2n) is 2.88. The molecule has 3 nitrogen and oxygen atoms in total. The van der Waals surface area contributed by atoms with Gasteiger partial charge in [-0.3, -0.25) is 4.68 Å². The molecule has 0 unspecified atom stereocenters. The molecule has 0 amide bonds. The summed E-state index contributed by atoms with van der Waals surface area (Å²) in [6.45, 7) is 0.620. The highest BCUT2D eigenvalue weighted by molar-refractivity contribution is 5.08. The van der Waals surface area contributed by atoms with E-state index in [4.69, 9.17) is 5.73 Å². The van der Waals surface area contributed by atoms with E-state index in [-0.39, 0.29) is 6.04 Å². The van der Waals surface area contributed by atoms with Crippen LogP contribution in [0.5, 0.6) is 0 Å². The molecule has 0 bridgehead atoms. The molecular weight excluding hydrogens is 183 g/mol. The van der Waals surface area contributed by atoms with E-state index in [2.05, 4.69) is 5.10 Å². The predicted octanol–water partition coefficient (Wildman–Crippen LogP) is 1.47. The third-order valence-electron chi connectivity index (χ3n) is 1.52. The van der Waals surface area contributed by atoms with Gasteiger partial charge in [-0.15, -0.1) is 0 Å². The zero-order chi connectivity index (χ0) is 10.1. The Labute approximate surface area is 73.3 Å². The van der Waals surface area contributed by atoms with Crippen LogP contribution < -0.4 is 5.73 Å². The number of nitrogens with two attached hydrogens (primary N) is 1. The van der Waals surface area contributed by atoms with Crippen molar-refractivity contribution in [2.45, 2.75) is 25.7 Å². The van der Waals surface area contributed by atoms with Crippen molar-refractivity contribution in [1.29, 1.82) is 0 Å². The van der Waals surface area contributed by atoms with E-state index in [9.17, 15) is 13.2 Å². The van der Waals surface area contributed by atoms with Crippen molar-refractivity contribution in [2.75, 3.05) is 0 Å². The standard InChI is InChI=1S/C7H10F3N3/c1-5(11)6-2-12-13(3-6)4-7(8,9)10/h2-3,5H,4,11H2,1H3/t5-/m1/s1. The maximum Gasteiger partial charge on any atom is 0.408 e. The molecule has 0 saturated carbocycles. The molecule has 1 aromatic rings. The average molecular weight is 193 g/mol. The molecule has 6 heteroatoms. The minimum atomic E-state index is -4.23. The SMILES string of the molecule is C[C@@H](N)c1cnn(CC(F)(F)F)c1. The lowest BCUT2D eigenvalue weighted by atomic mass is 10.2. The zero-order valence-corrected chi connectivity index (χ0v) is 7.04. The first-order valence-corrected chi connectivity index (χ1v) is 3.73. The van der Waals surface area contributed by atoms with E-state index >= 15 is 0 Å². The number of rotatable bonds is 2. The number of hydrogen-bond acceptors (Lipinski definition) is 2. The summed E-state index contributed by atoms with van der Waals surface area (Å²) in [6.07, 6.45) is -1.59. The Morgan fingerprint density at radius 2 is 2.23 bits per heavy atom. The van der Waals surface area contributed by atoms with E-state index in [0.717, 1.165) is 4.68 Å². The number of aromatic nitrogens is 2. The Morgan fingerprint density at radius 1 is 1.62 bits per heavy atom. The summed E-state index contributed by atoms with van der Waals surface area (Å²) >= 11 is 0. The monoisotopic (exact) mass is 193 g/mol. The van der Waals surface area contributed by atoms with Crippen LogP contribution >= 0.6 is 0 Å². The summed E-state index contributed by atoms with van der Waals surface area (Å²) < 4.78 is 36.4. The van der Waals surface area contributed by atoms with Crippen LogP contribution in [0.25, 0.3) is 0 Å². The molecule has 0 fully saturated rings. The van der Waals surface area contributed by atoms with Crippen LogP contribution in [0.1, 0.15) is 18.5 Å². The van der Waals surface area contributed by atoms with Crippen LogP contribution in [0.4, 0.5) is 13.2 Å². The quantitative estimate of drug-likeness (QED) is 0.772. The van der Waals surface area contributed by atoms with Gasteiger partial charge in [0.05, 0.1) is 6.20 Å². The van der Waals surface area contributed by atoms with Crippen molar-refractivity contribution in [2.24, 2.45) is 5.73 Å². The highest BCUT2D eigenvalue weighted by atomic mass is 19.4. The normalized spacial score (nSPS) is 14.5. The second kappa shape index (κ2) is 3.37. The van der Waals surface area contributed by atoms with Crippen molar-refractivity contribution >= 4 is 0 Å². The van der Waals surface area contributed by atoms with E-state index in [1.165, 1.54) is 12.4 Å². The molecule has 0 spiro atoms. The summed E-state index contributed by atoms with van der Waals surface area (Å²) in [7, 11) is 0. The molecule has 1 aromatic heterocycles. The van der Waals surface area contributed by atoms with Gasteiger partial charge in [-0.2, -0.15) is 18.3 Å². The van der Waals surface area contributed by atoms with Gasteiger partial charge in [-0.05, 0) is 6.92 Å². The maximum absolute atomic E-state index is 11.9. The van der Waals surface area contributed by atoms with Gasteiger partial charge in [0, 0.05) is 17.8 Å². The smallest absolute Gasteiger partial charge is 0.324 e. The number of alkyl halides is 3. The highest BCUT2D eigenvalue weighted by Gasteiger charge is 2.28. The molecule has 2 N–H and O–H groups in total. The van der Waals surface area contributed by atoms with Crippen molar-refractivity contribution in [3.05, 3.63) is 18.0 Å². The molecule has 0 aliphatic heterocycles.